The third-order valence-electron chi connectivity index (χ3n) is 4.26. The van der Waals surface area contributed by atoms with Gasteiger partial charge in [-0.15, -0.1) is 0 Å². The predicted molar refractivity (Wildman–Crippen MR) is 99.4 cm³/mol. The summed E-state index contributed by atoms with van der Waals surface area (Å²) in [6.45, 7) is 8.70. The molecule has 0 radical (unpaired) electrons. The van der Waals surface area contributed by atoms with Gasteiger partial charge in [-0.2, -0.15) is 0 Å². The lowest BCUT2D eigenvalue weighted by molar-refractivity contribution is 0.0610. The fourth-order valence-electron chi connectivity index (χ4n) is 3.25. The second-order valence-electron chi connectivity index (χ2n) is 7.80. The van der Waals surface area contributed by atoms with Crippen LogP contribution in [0.15, 0.2) is 42.5 Å². The first-order valence-corrected chi connectivity index (χ1v) is 8.90. The topological polar surface area (TPSA) is 35.5 Å². The van der Waals surface area contributed by atoms with Crippen molar-refractivity contribution in [2.24, 2.45) is 5.92 Å². The van der Waals surface area contributed by atoms with Gasteiger partial charge < -0.3 is 9.47 Å². The van der Waals surface area contributed by atoms with Crippen LogP contribution in [0.2, 0.25) is 0 Å². The zero-order chi connectivity index (χ0) is 18.0. The molecule has 1 aliphatic heterocycles. The van der Waals surface area contributed by atoms with Crippen LogP contribution < -0.4 is 9.47 Å². The Balaban J connectivity index is 1.96. The molecule has 132 valence electrons. The first kappa shape index (κ1) is 17.5. The summed E-state index contributed by atoms with van der Waals surface area (Å²) in [6, 6.07) is 14.0. The van der Waals surface area contributed by atoms with E-state index in [0.717, 1.165) is 17.5 Å². The minimum absolute atomic E-state index is 0.0883. The van der Waals surface area contributed by atoms with Gasteiger partial charge in [0.25, 0.3) is 0 Å². The van der Waals surface area contributed by atoms with Crippen LogP contribution in [0.25, 0.3) is 0 Å². The molecule has 2 aromatic rings. The Morgan fingerprint density at radius 2 is 1.84 bits per heavy atom. The van der Waals surface area contributed by atoms with Gasteiger partial charge in [0.05, 0.1) is 6.42 Å². The molecule has 0 aromatic heterocycles. The van der Waals surface area contributed by atoms with Crippen LogP contribution >= 0.6 is 0 Å². The van der Waals surface area contributed by atoms with Crippen molar-refractivity contribution in [1.29, 1.82) is 0 Å². The summed E-state index contributed by atoms with van der Waals surface area (Å²) in [4.78, 5) is 12.7. The molecule has 0 unspecified atom stereocenters. The molecule has 0 spiro atoms. The van der Waals surface area contributed by atoms with Gasteiger partial charge >= 0.3 is 0 Å². The van der Waals surface area contributed by atoms with E-state index in [4.69, 9.17) is 9.47 Å². The van der Waals surface area contributed by atoms with Crippen molar-refractivity contribution in [2.75, 3.05) is 0 Å². The Labute approximate surface area is 150 Å². The van der Waals surface area contributed by atoms with Gasteiger partial charge in [0.1, 0.15) is 29.3 Å². The molecule has 0 bridgehead atoms. The summed E-state index contributed by atoms with van der Waals surface area (Å²) in [5.41, 5.74) is 2.33. The zero-order valence-electron chi connectivity index (χ0n) is 15.5. The van der Waals surface area contributed by atoms with Crippen molar-refractivity contribution in [3.63, 3.8) is 0 Å². The molecule has 0 saturated heterocycles. The van der Waals surface area contributed by atoms with E-state index in [1.165, 1.54) is 0 Å². The average Bonchev–Trinajstić information content (AvgIpc) is 2.51. The third-order valence-corrected chi connectivity index (χ3v) is 4.26. The van der Waals surface area contributed by atoms with Gasteiger partial charge in [0.2, 0.25) is 0 Å². The SMILES string of the molecule is CC(C)Cc1cc(OCc2ccccc2)c2c(c1)OC(C)(C)CC2=O. The third kappa shape index (κ3) is 4.22. The maximum absolute atomic E-state index is 12.7. The average molecular weight is 338 g/mol. The highest BCUT2D eigenvalue weighted by molar-refractivity contribution is 6.03. The van der Waals surface area contributed by atoms with E-state index < -0.39 is 5.60 Å². The van der Waals surface area contributed by atoms with Crippen LogP contribution in [0.3, 0.4) is 0 Å². The molecule has 0 amide bonds. The number of fused-ring (bicyclic) bond motifs is 1. The maximum atomic E-state index is 12.7. The van der Waals surface area contributed by atoms with Crippen molar-refractivity contribution in [3.8, 4) is 11.5 Å². The standard InChI is InChI=1S/C22H26O3/c1-15(2)10-17-11-19(24-14-16-8-6-5-7-9-16)21-18(23)13-22(3,4)25-20(21)12-17/h5-9,11-12,15H,10,13-14H2,1-4H3. The molecular weight excluding hydrogens is 312 g/mol. The van der Waals surface area contributed by atoms with Gasteiger partial charge in [0.15, 0.2) is 5.78 Å². The highest BCUT2D eigenvalue weighted by atomic mass is 16.5. The number of carbonyl (C=O) groups excluding carboxylic acids is 1. The largest absolute Gasteiger partial charge is 0.488 e. The Hall–Kier alpha value is -2.29. The molecule has 1 heterocycles. The zero-order valence-corrected chi connectivity index (χ0v) is 15.5. The summed E-state index contributed by atoms with van der Waals surface area (Å²) in [7, 11) is 0. The minimum atomic E-state index is -0.475. The highest BCUT2D eigenvalue weighted by Crippen LogP contribution is 2.40. The molecule has 2 aromatic carbocycles. The first-order valence-electron chi connectivity index (χ1n) is 8.90. The van der Waals surface area contributed by atoms with Gasteiger partial charge in [-0.3, -0.25) is 4.79 Å². The molecule has 0 N–H and O–H groups in total. The van der Waals surface area contributed by atoms with Crippen LogP contribution in [0.5, 0.6) is 11.5 Å². The van der Waals surface area contributed by atoms with Gasteiger partial charge in [-0.25, -0.2) is 0 Å². The summed E-state index contributed by atoms with van der Waals surface area (Å²) in [6.07, 6.45) is 1.29. The summed E-state index contributed by atoms with van der Waals surface area (Å²) >= 11 is 0. The lowest BCUT2D eigenvalue weighted by Gasteiger charge is -2.32. The second-order valence-corrected chi connectivity index (χ2v) is 7.80. The molecule has 0 fully saturated rings. The Morgan fingerprint density at radius 1 is 1.12 bits per heavy atom. The number of Topliss-reactive ketones (excluding diaryl/α,β-unsaturated/α-hetero) is 1. The van der Waals surface area contributed by atoms with Gasteiger partial charge in [-0.1, -0.05) is 44.2 Å². The van der Waals surface area contributed by atoms with E-state index in [0.29, 0.717) is 36.0 Å². The Kier molecular flexibility index (Phi) is 4.85. The van der Waals surface area contributed by atoms with E-state index in [1.807, 2.05) is 56.3 Å². The number of carbonyl (C=O) groups is 1. The quantitative estimate of drug-likeness (QED) is 0.751. The van der Waals surface area contributed by atoms with Crippen LogP contribution in [-0.2, 0) is 13.0 Å². The second kappa shape index (κ2) is 6.91. The molecule has 3 heteroatoms. The van der Waals surface area contributed by atoms with Crippen molar-refractivity contribution in [2.45, 2.75) is 52.7 Å². The lowest BCUT2D eigenvalue weighted by Crippen LogP contribution is -2.36. The molecule has 3 nitrogen and oxygen atoms in total. The number of rotatable bonds is 5. The number of hydrogen-bond donors (Lipinski definition) is 0. The van der Waals surface area contributed by atoms with Crippen LogP contribution in [-0.4, -0.2) is 11.4 Å². The summed E-state index contributed by atoms with van der Waals surface area (Å²) < 4.78 is 12.2. The van der Waals surface area contributed by atoms with Crippen LogP contribution in [0, 0.1) is 5.92 Å². The molecule has 0 saturated carbocycles. The van der Waals surface area contributed by atoms with Crippen molar-refractivity contribution < 1.29 is 14.3 Å². The van der Waals surface area contributed by atoms with Crippen LogP contribution in [0.1, 0.15) is 55.6 Å². The van der Waals surface area contributed by atoms with Crippen molar-refractivity contribution in [3.05, 3.63) is 59.2 Å². The van der Waals surface area contributed by atoms with E-state index in [2.05, 4.69) is 13.8 Å². The van der Waals surface area contributed by atoms with Crippen molar-refractivity contribution in [1.82, 2.24) is 0 Å². The number of hydrogen-bond acceptors (Lipinski definition) is 3. The molecule has 0 aliphatic carbocycles. The Bertz CT molecular complexity index is 760. The molecule has 25 heavy (non-hydrogen) atoms. The number of benzene rings is 2. The molecule has 3 rings (SSSR count). The highest BCUT2D eigenvalue weighted by Gasteiger charge is 2.35. The summed E-state index contributed by atoms with van der Waals surface area (Å²) in [5.74, 6) is 1.90. The first-order chi connectivity index (χ1) is 11.8. The Morgan fingerprint density at radius 3 is 2.52 bits per heavy atom. The minimum Gasteiger partial charge on any atom is -0.488 e. The normalized spacial score (nSPS) is 15.6. The van der Waals surface area contributed by atoms with E-state index in [-0.39, 0.29) is 5.78 Å². The summed E-state index contributed by atoms with van der Waals surface area (Å²) in [5, 5.41) is 0. The van der Waals surface area contributed by atoms with E-state index >= 15 is 0 Å². The van der Waals surface area contributed by atoms with Crippen LogP contribution in [0.4, 0.5) is 0 Å². The smallest absolute Gasteiger partial charge is 0.174 e. The van der Waals surface area contributed by atoms with E-state index in [9.17, 15) is 4.79 Å². The molecule has 0 atom stereocenters. The fourth-order valence-corrected chi connectivity index (χ4v) is 3.25. The van der Waals surface area contributed by atoms with E-state index in [1.54, 1.807) is 0 Å². The maximum Gasteiger partial charge on any atom is 0.174 e. The fraction of sp³-hybridized carbons (Fsp3) is 0.409. The monoisotopic (exact) mass is 338 g/mol. The molecular formula is C22H26O3. The number of ether oxygens (including phenoxy) is 2. The number of ketones is 1. The van der Waals surface area contributed by atoms with Gasteiger partial charge in [-0.05, 0) is 49.4 Å². The lowest BCUT2D eigenvalue weighted by atomic mass is 9.90. The van der Waals surface area contributed by atoms with Gasteiger partial charge in [0, 0.05) is 0 Å². The predicted octanol–water partition coefficient (Wildman–Crippen LogP) is 5.21. The molecule has 1 aliphatic rings. The van der Waals surface area contributed by atoms with Crippen molar-refractivity contribution >= 4 is 5.78 Å².